The summed E-state index contributed by atoms with van der Waals surface area (Å²) in [4.78, 5) is 28.3. The molecule has 0 aromatic heterocycles. The van der Waals surface area contributed by atoms with Crippen LogP contribution in [0.3, 0.4) is 0 Å². The first kappa shape index (κ1) is 29.1. The number of aliphatic hydroxyl groups excluding tert-OH is 1. The summed E-state index contributed by atoms with van der Waals surface area (Å²) in [6, 6.07) is 0. The van der Waals surface area contributed by atoms with Gasteiger partial charge in [-0.05, 0) is 114 Å². The van der Waals surface area contributed by atoms with Crippen LogP contribution >= 0.6 is 0 Å². The van der Waals surface area contributed by atoms with Gasteiger partial charge in [-0.25, -0.2) is 0 Å². The standard InChI is InChI=1S/C37H58O3/c1-23(2)31-26(38)22-37(30(40)21-24-11-9-8-10-12-24)20-19-35(6)25(32(31)37)13-14-28-34(5)17-16-29(39)33(3,4)27(34)15-18-36(28,35)7/h23-25,27-29,39H,8-22H2,1-7H3/t25-,27+,28-,29+,34+,35-,36-,37+/m1/s1. The molecule has 5 saturated carbocycles. The molecule has 0 aliphatic heterocycles. The van der Waals surface area contributed by atoms with E-state index in [4.69, 9.17) is 0 Å². The number of carbonyl (C=O) groups is 2. The van der Waals surface area contributed by atoms with Crippen LogP contribution in [-0.2, 0) is 9.59 Å². The van der Waals surface area contributed by atoms with Gasteiger partial charge < -0.3 is 5.11 Å². The van der Waals surface area contributed by atoms with Crippen LogP contribution in [0, 0.1) is 56.7 Å². The highest BCUT2D eigenvalue weighted by Crippen LogP contribution is 2.76. The molecule has 5 fully saturated rings. The van der Waals surface area contributed by atoms with E-state index in [2.05, 4.69) is 48.5 Å². The molecule has 0 unspecified atom stereocenters. The Kier molecular flexibility index (Phi) is 6.93. The minimum absolute atomic E-state index is 0.0372. The lowest BCUT2D eigenvalue weighted by Gasteiger charge is -2.72. The summed E-state index contributed by atoms with van der Waals surface area (Å²) in [6.45, 7) is 16.8. The van der Waals surface area contributed by atoms with Crippen molar-refractivity contribution in [2.75, 3.05) is 0 Å². The van der Waals surface area contributed by atoms with Crippen LogP contribution in [0.1, 0.15) is 145 Å². The normalized spacial score (nSPS) is 47.0. The monoisotopic (exact) mass is 550 g/mol. The lowest BCUT2D eigenvalue weighted by atomic mass is 9.33. The second kappa shape index (κ2) is 9.52. The van der Waals surface area contributed by atoms with E-state index in [1.54, 1.807) is 0 Å². The quantitative estimate of drug-likeness (QED) is 0.380. The van der Waals surface area contributed by atoms with E-state index in [0.717, 1.165) is 37.7 Å². The molecule has 0 saturated heterocycles. The number of allylic oxidation sites excluding steroid dienone is 2. The number of aliphatic hydroxyl groups is 1. The van der Waals surface area contributed by atoms with Crippen molar-refractivity contribution in [1.29, 1.82) is 0 Å². The first-order valence-corrected chi connectivity index (χ1v) is 17.2. The minimum atomic E-state index is -0.514. The third-order valence-electron chi connectivity index (χ3n) is 15.1. The number of carbonyl (C=O) groups excluding carboxylic acids is 2. The third kappa shape index (κ3) is 3.77. The third-order valence-corrected chi connectivity index (χ3v) is 15.1. The zero-order valence-electron chi connectivity index (χ0n) is 26.8. The van der Waals surface area contributed by atoms with Gasteiger partial charge in [0.25, 0.3) is 0 Å². The lowest BCUT2D eigenvalue weighted by molar-refractivity contribution is -0.228. The SMILES string of the molecule is CC(C)C1=C2[C@H]3CC[C@@H]4[C@@]5(C)CC[C@H](O)C(C)(C)[C@@H]5CC[C@@]4(C)[C@]3(C)CC[C@@]2(C(=O)CC2CCCCC2)CC1=O. The van der Waals surface area contributed by atoms with Gasteiger partial charge in [-0.1, -0.05) is 80.6 Å². The molecule has 6 aliphatic rings. The molecule has 3 nitrogen and oxygen atoms in total. The fourth-order valence-electron chi connectivity index (χ4n) is 12.8. The number of hydrogen-bond donors (Lipinski definition) is 1. The molecule has 6 rings (SSSR count). The minimum Gasteiger partial charge on any atom is -0.393 e. The molecule has 0 heterocycles. The van der Waals surface area contributed by atoms with E-state index in [1.165, 1.54) is 56.9 Å². The molecule has 224 valence electrons. The molecular formula is C37H58O3. The molecule has 0 amide bonds. The maximum Gasteiger partial charge on any atom is 0.160 e. The Morgan fingerprint density at radius 1 is 0.825 bits per heavy atom. The van der Waals surface area contributed by atoms with Gasteiger partial charge in [0.1, 0.15) is 5.78 Å². The summed E-state index contributed by atoms with van der Waals surface area (Å²) in [5, 5.41) is 11.0. The van der Waals surface area contributed by atoms with Crippen molar-refractivity contribution < 1.29 is 14.7 Å². The van der Waals surface area contributed by atoms with Crippen LogP contribution in [0.4, 0.5) is 0 Å². The highest BCUT2D eigenvalue weighted by atomic mass is 16.3. The predicted octanol–water partition coefficient (Wildman–Crippen LogP) is 8.87. The van der Waals surface area contributed by atoms with Gasteiger partial charge in [0.15, 0.2) is 5.78 Å². The molecule has 40 heavy (non-hydrogen) atoms. The van der Waals surface area contributed by atoms with Crippen LogP contribution in [0.2, 0.25) is 0 Å². The van der Waals surface area contributed by atoms with Crippen molar-refractivity contribution >= 4 is 11.6 Å². The Morgan fingerprint density at radius 3 is 2.20 bits per heavy atom. The molecule has 0 radical (unpaired) electrons. The van der Waals surface area contributed by atoms with Crippen molar-refractivity contribution in [2.45, 2.75) is 151 Å². The second-order valence-electron chi connectivity index (χ2n) is 17.3. The van der Waals surface area contributed by atoms with Crippen LogP contribution in [0.25, 0.3) is 0 Å². The van der Waals surface area contributed by atoms with Gasteiger partial charge in [-0.15, -0.1) is 0 Å². The smallest absolute Gasteiger partial charge is 0.160 e. The van der Waals surface area contributed by atoms with Gasteiger partial charge >= 0.3 is 0 Å². The maximum absolute atomic E-state index is 14.5. The van der Waals surface area contributed by atoms with Gasteiger partial charge in [0, 0.05) is 12.8 Å². The Bertz CT molecular complexity index is 1090. The van der Waals surface area contributed by atoms with Crippen molar-refractivity contribution in [3.05, 3.63) is 11.1 Å². The molecule has 6 aliphatic carbocycles. The molecule has 0 aromatic rings. The van der Waals surface area contributed by atoms with E-state index in [-0.39, 0.29) is 39.5 Å². The highest BCUT2D eigenvalue weighted by Gasteiger charge is 2.70. The zero-order chi connectivity index (χ0) is 28.9. The van der Waals surface area contributed by atoms with Crippen molar-refractivity contribution in [3.63, 3.8) is 0 Å². The topological polar surface area (TPSA) is 54.4 Å². The summed E-state index contributed by atoms with van der Waals surface area (Å²) in [7, 11) is 0. The highest BCUT2D eigenvalue weighted by molar-refractivity contribution is 6.07. The molecule has 0 bridgehead atoms. The first-order valence-electron chi connectivity index (χ1n) is 17.2. The van der Waals surface area contributed by atoms with Crippen LogP contribution in [0.5, 0.6) is 0 Å². The number of Topliss-reactive ketones (excluding diaryl/α,β-unsaturated/α-hetero) is 2. The largest absolute Gasteiger partial charge is 0.393 e. The first-order chi connectivity index (χ1) is 18.7. The van der Waals surface area contributed by atoms with E-state index in [0.29, 0.717) is 42.3 Å². The lowest BCUT2D eigenvalue weighted by Crippen LogP contribution is -2.65. The van der Waals surface area contributed by atoms with Gasteiger partial charge in [0.2, 0.25) is 0 Å². The van der Waals surface area contributed by atoms with E-state index < -0.39 is 5.41 Å². The Morgan fingerprint density at radius 2 is 1.52 bits per heavy atom. The van der Waals surface area contributed by atoms with Crippen molar-refractivity contribution in [3.8, 4) is 0 Å². The fraction of sp³-hybridized carbons (Fsp3) is 0.892. The Balaban J connectivity index is 1.40. The van der Waals surface area contributed by atoms with E-state index in [1.807, 2.05) is 0 Å². The Hall–Kier alpha value is -0.960. The number of hydrogen-bond acceptors (Lipinski definition) is 3. The van der Waals surface area contributed by atoms with Gasteiger partial charge in [-0.3, -0.25) is 9.59 Å². The van der Waals surface area contributed by atoms with Crippen molar-refractivity contribution in [1.82, 2.24) is 0 Å². The number of rotatable bonds is 4. The Labute approximate surface area is 244 Å². The molecular weight excluding hydrogens is 492 g/mol. The summed E-state index contributed by atoms with van der Waals surface area (Å²) >= 11 is 0. The van der Waals surface area contributed by atoms with E-state index >= 15 is 0 Å². The summed E-state index contributed by atoms with van der Waals surface area (Å²) in [5.74, 6) is 2.97. The molecule has 3 heteroatoms. The maximum atomic E-state index is 14.5. The van der Waals surface area contributed by atoms with Gasteiger partial charge in [-0.2, -0.15) is 0 Å². The van der Waals surface area contributed by atoms with Crippen LogP contribution in [0.15, 0.2) is 11.1 Å². The predicted molar refractivity (Wildman–Crippen MR) is 162 cm³/mol. The van der Waals surface area contributed by atoms with Crippen LogP contribution in [-0.4, -0.2) is 22.8 Å². The van der Waals surface area contributed by atoms with E-state index in [9.17, 15) is 14.7 Å². The molecule has 0 spiro atoms. The number of ketones is 2. The fourth-order valence-corrected chi connectivity index (χ4v) is 12.8. The summed E-state index contributed by atoms with van der Waals surface area (Å²) in [6.07, 6.45) is 15.9. The molecule has 8 atom stereocenters. The molecule has 1 N–H and O–H groups in total. The second-order valence-corrected chi connectivity index (χ2v) is 17.3. The van der Waals surface area contributed by atoms with Crippen molar-refractivity contribution in [2.24, 2.45) is 56.7 Å². The molecule has 0 aromatic carbocycles. The summed E-state index contributed by atoms with van der Waals surface area (Å²) < 4.78 is 0. The number of fused-ring (bicyclic) bond motifs is 7. The zero-order valence-corrected chi connectivity index (χ0v) is 26.8. The van der Waals surface area contributed by atoms with Gasteiger partial charge in [0.05, 0.1) is 11.5 Å². The van der Waals surface area contributed by atoms with Crippen LogP contribution < -0.4 is 0 Å². The average molecular weight is 551 g/mol. The average Bonchev–Trinajstić information content (AvgIpc) is 3.21. The summed E-state index contributed by atoms with van der Waals surface area (Å²) in [5.41, 5.74) is 2.39.